The Bertz CT molecular complexity index is 387. The SMILES string of the molecule is CCN(CC1CCCNC1)c1ccnc(N(C)C)n1. The summed E-state index contributed by atoms with van der Waals surface area (Å²) in [6.07, 6.45) is 4.45. The summed E-state index contributed by atoms with van der Waals surface area (Å²) < 4.78 is 0. The van der Waals surface area contributed by atoms with Crippen LogP contribution in [0.15, 0.2) is 12.3 Å². The first-order valence-corrected chi connectivity index (χ1v) is 7.16. The van der Waals surface area contributed by atoms with Crippen molar-refractivity contribution in [3.8, 4) is 0 Å². The van der Waals surface area contributed by atoms with Gasteiger partial charge in [-0.3, -0.25) is 0 Å². The van der Waals surface area contributed by atoms with Crippen LogP contribution in [0.3, 0.4) is 0 Å². The standard InChI is InChI=1S/C14H25N5/c1-4-19(11-12-6-5-8-15-10-12)13-7-9-16-14(17-13)18(2)3/h7,9,12,15H,4-6,8,10-11H2,1-3H3. The first kappa shape index (κ1) is 14.1. The van der Waals surface area contributed by atoms with Crippen LogP contribution < -0.4 is 15.1 Å². The number of piperidine rings is 1. The highest BCUT2D eigenvalue weighted by Crippen LogP contribution is 2.18. The van der Waals surface area contributed by atoms with Gasteiger partial charge in [0.05, 0.1) is 0 Å². The topological polar surface area (TPSA) is 44.3 Å². The quantitative estimate of drug-likeness (QED) is 0.869. The van der Waals surface area contributed by atoms with E-state index >= 15 is 0 Å². The maximum atomic E-state index is 4.63. The highest BCUT2D eigenvalue weighted by atomic mass is 15.3. The molecule has 106 valence electrons. The molecule has 0 amide bonds. The molecule has 2 heterocycles. The molecule has 19 heavy (non-hydrogen) atoms. The molecule has 1 unspecified atom stereocenters. The molecular weight excluding hydrogens is 238 g/mol. The Morgan fingerprint density at radius 3 is 2.89 bits per heavy atom. The molecule has 0 saturated carbocycles. The third-order valence-corrected chi connectivity index (χ3v) is 3.61. The van der Waals surface area contributed by atoms with Crippen LogP contribution >= 0.6 is 0 Å². The van der Waals surface area contributed by atoms with Crippen LogP contribution in [0.5, 0.6) is 0 Å². The number of rotatable bonds is 5. The smallest absolute Gasteiger partial charge is 0.226 e. The van der Waals surface area contributed by atoms with Crippen LogP contribution in [-0.4, -0.2) is 50.2 Å². The summed E-state index contributed by atoms with van der Waals surface area (Å²) in [5, 5.41) is 3.48. The lowest BCUT2D eigenvalue weighted by Gasteiger charge is -2.30. The summed E-state index contributed by atoms with van der Waals surface area (Å²) in [5.41, 5.74) is 0. The average Bonchev–Trinajstić information content (AvgIpc) is 2.46. The van der Waals surface area contributed by atoms with E-state index in [1.54, 1.807) is 0 Å². The van der Waals surface area contributed by atoms with Crippen molar-refractivity contribution in [2.45, 2.75) is 19.8 Å². The minimum atomic E-state index is 0.728. The Labute approximate surface area is 116 Å². The molecule has 1 saturated heterocycles. The molecule has 0 aliphatic carbocycles. The number of hydrogen-bond donors (Lipinski definition) is 1. The van der Waals surface area contributed by atoms with Crippen molar-refractivity contribution < 1.29 is 0 Å². The number of hydrogen-bond acceptors (Lipinski definition) is 5. The number of nitrogens with zero attached hydrogens (tertiary/aromatic N) is 4. The number of aromatic nitrogens is 2. The lowest BCUT2D eigenvalue weighted by molar-refractivity contribution is 0.377. The van der Waals surface area contributed by atoms with Gasteiger partial charge in [0.25, 0.3) is 0 Å². The second-order valence-corrected chi connectivity index (χ2v) is 5.36. The second kappa shape index (κ2) is 6.70. The normalized spacial score (nSPS) is 19.2. The van der Waals surface area contributed by atoms with E-state index in [0.717, 1.165) is 37.3 Å². The van der Waals surface area contributed by atoms with E-state index < -0.39 is 0 Å². The summed E-state index contributed by atoms with van der Waals surface area (Å²) >= 11 is 0. The van der Waals surface area contributed by atoms with Crippen LogP contribution in [0.1, 0.15) is 19.8 Å². The molecule has 1 aromatic heterocycles. The van der Waals surface area contributed by atoms with E-state index in [0.29, 0.717) is 0 Å². The molecule has 1 aliphatic heterocycles. The fourth-order valence-corrected chi connectivity index (χ4v) is 2.51. The lowest BCUT2D eigenvalue weighted by Crippen LogP contribution is -2.38. The van der Waals surface area contributed by atoms with Crippen molar-refractivity contribution in [1.29, 1.82) is 0 Å². The zero-order valence-corrected chi connectivity index (χ0v) is 12.3. The van der Waals surface area contributed by atoms with Crippen LogP contribution in [0.25, 0.3) is 0 Å². The van der Waals surface area contributed by atoms with Crippen molar-refractivity contribution in [3.05, 3.63) is 12.3 Å². The zero-order valence-electron chi connectivity index (χ0n) is 12.3. The molecule has 5 heteroatoms. The van der Waals surface area contributed by atoms with Gasteiger partial charge < -0.3 is 15.1 Å². The highest BCUT2D eigenvalue weighted by Gasteiger charge is 2.17. The maximum Gasteiger partial charge on any atom is 0.226 e. The van der Waals surface area contributed by atoms with Crippen LogP contribution in [-0.2, 0) is 0 Å². The molecule has 1 N–H and O–H groups in total. The van der Waals surface area contributed by atoms with Crippen LogP contribution in [0.2, 0.25) is 0 Å². The third kappa shape index (κ3) is 3.80. The van der Waals surface area contributed by atoms with E-state index in [1.165, 1.54) is 19.4 Å². The van der Waals surface area contributed by atoms with Gasteiger partial charge in [0, 0.05) is 33.4 Å². The van der Waals surface area contributed by atoms with Crippen molar-refractivity contribution in [3.63, 3.8) is 0 Å². The summed E-state index contributed by atoms with van der Waals surface area (Å²) in [7, 11) is 3.95. The predicted octanol–water partition coefficient (Wildman–Crippen LogP) is 1.37. The third-order valence-electron chi connectivity index (χ3n) is 3.61. The van der Waals surface area contributed by atoms with E-state index in [-0.39, 0.29) is 0 Å². The molecular formula is C14H25N5. The Morgan fingerprint density at radius 2 is 2.26 bits per heavy atom. The first-order valence-electron chi connectivity index (χ1n) is 7.16. The molecule has 0 spiro atoms. The van der Waals surface area contributed by atoms with Gasteiger partial charge in [-0.1, -0.05) is 0 Å². The predicted molar refractivity (Wildman–Crippen MR) is 79.8 cm³/mol. The highest BCUT2D eigenvalue weighted by molar-refractivity contribution is 5.43. The van der Waals surface area contributed by atoms with Gasteiger partial charge in [0.15, 0.2) is 0 Å². The summed E-state index contributed by atoms with van der Waals surface area (Å²) in [4.78, 5) is 13.2. The fraction of sp³-hybridized carbons (Fsp3) is 0.714. The zero-order chi connectivity index (χ0) is 13.7. The number of anilines is 2. The molecule has 1 aromatic rings. The fourth-order valence-electron chi connectivity index (χ4n) is 2.51. The first-order chi connectivity index (χ1) is 9.20. The Hall–Kier alpha value is -1.36. The number of nitrogens with one attached hydrogen (secondary N) is 1. The summed E-state index contributed by atoms with van der Waals surface area (Å²) in [6.45, 7) is 6.55. The van der Waals surface area contributed by atoms with Crippen LogP contribution in [0, 0.1) is 5.92 Å². The van der Waals surface area contributed by atoms with E-state index in [4.69, 9.17) is 0 Å². The molecule has 5 nitrogen and oxygen atoms in total. The van der Waals surface area contributed by atoms with Crippen molar-refractivity contribution >= 4 is 11.8 Å². The molecule has 2 rings (SSSR count). The molecule has 0 aromatic carbocycles. The van der Waals surface area contributed by atoms with E-state index in [1.807, 2.05) is 31.3 Å². The molecule has 0 radical (unpaired) electrons. The van der Waals surface area contributed by atoms with E-state index in [9.17, 15) is 0 Å². The van der Waals surface area contributed by atoms with Gasteiger partial charge >= 0.3 is 0 Å². The Balaban J connectivity index is 2.05. The average molecular weight is 263 g/mol. The maximum absolute atomic E-state index is 4.63. The van der Waals surface area contributed by atoms with Crippen LogP contribution in [0.4, 0.5) is 11.8 Å². The lowest BCUT2D eigenvalue weighted by atomic mass is 9.99. The van der Waals surface area contributed by atoms with Gasteiger partial charge in [-0.05, 0) is 44.8 Å². The molecule has 0 bridgehead atoms. The molecule has 1 fully saturated rings. The van der Waals surface area contributed by atoms with E-state index in [2.05, 4.69) is 27.1 Å². The minimum Gasteiger partial charge on any atom is -0.356 e. The monoisotopic (exact) mass is 263 g/mol. The molecule has 1 aliphatic rings. The second-order valence-electron chi connectivity index (χ2n) is 5.36. The van der Waals surface area contributed by atoms with Gasteiger partial charge in [-0.25, -0.2) is 4.98 Å². The van der Waals surface area contributed by atoms with Gasteiger partial charge in [-0.15, -0.1) is 0 Å². The van der Waals surface area contributed by atoms with Crippen molar-refractivity contribution in [2.75, 3.05) is 50.1 Å². The summed E-state index contributed by atoms with van der Waals surface area (Å²) in [6, 6.07) is 2.01. The Kier molecular flexibility index (Phi) is 4.96. The molecule has 1 atom stereocenters. The van der Waals surface area contributed by atoms with Gasteiger partial charge in [0.1, 0.15) is 5.82 Å². The Morgan fingerprint density at radius 1 is 1.42 bits per heavy atom. The van der Waals surface area contributed by atoms with Gasteiger partial charge in [-0.2, -0.15) is 4.98 Å². The van der Waals surface area contributed by atoms with Crippen molar-refractivity contribution in [1.82, 2.24) is 15.3 Å². The largest absolute Gasteiger partial charge is 0.356 e. The van der Waals surface area contributed by atoms with Crippen molar-refractivity contribution in [2.24, 2.45) is 5.92 Å². The summed E-state index contributed by atoms with van der Waals surface area (Å²) in [5.74, 6) is 2.54. The minimum absolute atomic E-state index is 0.728. The van der Waals surface area contributed by atoms with Gasteiger partial charge in [0.2, 0.25) is 5.95 Å².